The third-order valence-corrected chi connectivity index (χ3v) is 6.06. The number of rotatable bonds is 6. The van der Waals surface area contributed by atoms with Crippen LogP contribution < -0.4 is 5.32 Å². The summed E-state index contributed by atoms with van der Waals surface area (Å²) in [5.74, 6) is 0.586. The molecule has 8 heteroatoms. The lowest BCUT2D eigenvalue weighted by atomic mass is 9.89. The summed E-state index contributed by atoms with van der Waals surface area (Å²) >= 11 is 0. The third-order valence-electron chi connectivity index (χ3n) is 6.06. The Hall–Kier alpha value is -2.74. The molecule has 4 atom stereocenters. The van der Waals surface area contributed by atoms with Crippen LogP contribution in [0.1, 0.15) is 35.8 Å². The monoisotopic (exact) mass is 397 g/mol. The van der Waals surface area contributed by atoms with Gasteiger partial charge in [0.1, 0.15) is 5.52 Å². The van der Waals surface area contributed by atoms with Crippen LogP contribution in [0.4, 0.5) is 0 Å². The van der Waals surface area contributed by atoms with Crippen LogP contribution in [0.25, 0.3) is 11.2 Å². The average Bonchev–Trinajstić information content (AvgIpc) is 3.25. The van der Waals surface area contributed by atoms with E-state index in [9.17, 15) is 9.59 Å². The second kappa shape index (κ2) is 7.94. The maximum Gasteiger partial charge on any atom is 0.255 e. The van der Waals surface area contributed by atoms with E-state index in [-0.39, 0.29) is 29.9 Å². The summed E-state index contributed by atoms with van der Waals surface area (Å²) in [6.45, 7) is 6.89. The highest BCUT2D eigenvalue weighted by molar-refractivity contribution is 6.04. The van der Waals surface area contributed by atoms with Gasteiger partial charge in [0.2, 0.25) is 5.91 Å². The van der Waals surface area contributed by atoms with Gasteiger partial charge in [-0.3, -0.25) is 9.59 Å². The summed E-state index contributed by atoms with van der Waals surface area (Å²) in [6, 6.07) is 0.259. The molecule has 2 aliphatic rings. The number of fused-ring (bicyclic) bond motifs is 1. The number of methoxy groups -OCH3 is 1. The molecule has 29 heavy (non-hydrogen) atoms. The molecule has 1 saturated heterocycles. The van der Waals surface area contributed by atoms with Gasteiger partial charge in [0.15, 0.2) is 5.65 Å². The number of likely N-dealkylation sites (tertiary alicyclic amines) is 1. The highest BCUT2D eigenvalue weighted by Gasteiger charge is 2.35. The zero-order chi connectivity index (χ0) is 20.5. The van der Waals surface area contributed by atoms with Crippen molar-refractivity contribution < 1.29 is 14.3 Å². The van der Waals surface area contributed by atoms with Crippen molar-refractivity contribution in [3.63, 3.8) is 0 Å². The van der Waals surface area contributed by atoms with Gasteiger partial charge >= 0.3 is 0 Å². The maximum atomic E-state index is 12.6. The molecular formula is C21H27N5O3. The second-order valence-corrected chi connectivity index (χ2v) is 8.07. The first kappa shape index (κ1) is 19.6. The fourth-order valence-electron chi connectivity index (χ4n) is 4.03. The highest BCUT2D eigenvalue weighted by atomic mass is 16.5. The van der Waals surface area contributed by atoms with Crippen LogP contribution in [0, 0.1) is 11.8 Å². The number of piperidine rings is 1. The predicted octanol–water partition coefficient (Wildman–Crippen LogP) is 1.69. The van der Waals surface area contributed by atoms with Crippen molar-refractivity contribution in [1.29, 1.82) is 0 Å². The molecule has 4 rings (SSSR count). The van der Waals surface area contributed by atoms with Gasteiger partial charge in [-0.1, -0.05) is 13.5 Å². The van der Waals surface area contributed by atoms with Crippen molar-refractivity contribution >= 4 is 23.0 Å². The predicted molar refractivity (Wildman–Crippen MR) is 108 cm³/mol. The number of hydrogen-bond acceptors (Lipinski definition) is 5. The number of carbonyl (C=O) groups excluding carboxylic acids is 2. The summed E-state index contributed by atoms with van der Waals surface area (Å²) in [7, 11) is 1.67. The molecule has 2 fully saturated rings. The molecule has 2 N–H and O–H groups in total. The SMILES string of the molecule is C=CC(=O)N1CC[C@H](Cc2cnc3[nH]cc(C(=O)N[C@@H]4C[C@H]4C)c3n2)[C@H](OC)C1. The lowest BCUT2D eigenvalue weighted by Gasteiger charge is -2.37. The Bertz CT molecular complexity index is 940. The zero-order valence-corrected chi connectivity index (χ0v) is 16.9. The smallest absolute Gasteiger partial charge is 0.255 e. The third kappa shape index (κ3) is 4.03. The molecular weight excluding hydrogens is 370 g/mol. The van der Waals surface area contributed by atoms with Gasteiger partial charge in [0.25, 0.3) is 5.91 Å². The maximum absolute atomic E-state index is 12.6. The Balaban J connectivity index is 1.49. The molecule has 2 aromatic rings. The summed E-state index contributed by atoms with van der Waals surface area (Å²) < 4.78 is 5.65. The van der Waals surface area contributed by atoms with Crippen LogP contribution in [-0.4, -0.2) is 64.0 Å². The van der Waals surface area contributed by atoms with Crippen molar-refractivity contribution in [3.05, 3.63) is 36.3 Å². The van der Waals surface area contributed by atoms with E-state index in [0.717, 1.165) is 18.5 Å². The fraction of sp³-hybridized carbons (Fsp3) is 0.524. The normalized spacial score (nSPS) is 26.3. The van der Waals surface area contributed by atoms with Crippen LogP contribution >= 0.6 is 0 Å². The molecule has 2 amide bonds. The van der Waals surface area contributed by atoms with Gasteiger partial charge in [-0.05, 0) is 37.2 Å². The van der Waals surface area contributed by atoms with Crippen molar-refractivity contribution in [2.45, 2.75) is 38.3 Å². The van der Waals surface area contributed by atoms with Gasteiger partial charge in [-0.2, -0.15) is 0 Å². The van der Waals surface area contributed by atoms with E-state index in [1.54, 1.807) is 24.4 Å². The highest BCUT2D eigenvalue weighted by Crippen LogP contribution is 2.30. The second-order valence-electron chi connectivity index (χ2n) is 8.07. The molecule has 2 aromatic heterocycles. The lowest BCUT2D eigenvalue weighted by Crippen LogP contribution is -2.47. The first-order valence-electron chi connectivity index (χ1n) is 10.1. The van der Waals surface area contributed by atoms with E-state index in [2.05, 4.69) is 28.8 Å². The van der Waals surface area contributed by atoms with Crippen molar-refractivity contribution in [2.75, 3.05) is 20.2 Å². The molecule has 1 aliphatic heterocycles. The van der Waals surface area contributed by atoms with E-state index in [1.165, 1.54) is 6.08 Å². The van der Waals surface area contributed by atoms with Crippen LogP contribution in [0.2, 0.25) is 0 Å². The van der Waals surface area contributed by atoms with E-state index < -0.39 is 0 Å². The topological polar surface area (TPSA) is 100 Å². The lowest BCUT2D eigenvalue weighted by molar-refractivity contribution is -0.131. The van der Waals surface area contributed by atoms with E-state index in [0.29, 0.717) is 42.2 Å². The van der Waals surface area contributed by atoms with E-state index >= 15 is 0 Å². The van der Waals surface area contributed by atoms with Gasteiger partial charge in [0.05, 0.1) is 23.6 Å². The summed E-state index contributed by atoms with van der Waals surface area (Å²) in [4.78, 5) is 38.5. The molecule has 8 nitrogen and oxygen atoms in total. The minimum absolute atomic E-state index is 0.0698. The van der Waals surface area contributed by atoms with Crippen LogP contribution in [0.3, 0.4) is 0 Å². The molecule has 0 spiro atoms. The molecule has 0 aromatic carbocycles. The van der Waals surface area contributed by atoms with E-state index in [1.807, 2.05) is 0 Å². The number of aromatic nitrogens is 3. The first-order valence-corrected chi connectivity index (χ1v) is 10.1. The minimum Gasteiger partial charge on any atom is -0.379 e. The zero-order valence-electron chi connectivity index (χ0n) is 16.9. The number of carbonyl (C=O) groups is 2. The molecule has 1 saturated carbocycles. The fourth-order valence-corrected chi connectivity index (χ4v) is 4.03. The molecule has 0 unspecified atom stereocenters. The largest absolute Gasteiger partial charge is 0.379 e. The number of H-pyrrole nitrogens is 1. The molecule has 0 radical (unpaired) electrons. The van der Waals surface area contributed by atoms with Crippen LogP contribution in [0.5, 0.6) is 0 Å². The Kier molecular flexibility index (Phi) is 5.36. The van der Waals surface area contributed by atoms with E-state index in [4.69, 9.17) is 9.72 Å². The first-order chi connectivity index (χ1) is 14.0. The number of nitrogens with zero attached hydrogens (tertiary/aromatic N) is 3. The van der Waals surface area contributed by atoms with Gasteiger partial charge in [0, 0.05) is 32.4 Å². The number of ether oxygens (including phenoxy) is 1. The Morgan fingerprint density at radius 2 is 2.28 bits per heavy atom. The Labute approximate surface area is 169 Å². The van der Waals surface area contributed by atoms with Crippen LogP contribution in [-0.2, 0) is 16.0 Å². The van der Waals surface area contributed by atoms with Crippen molar-refractivity contribution in [2.24, 2.45) is 11.8 Å². The average molecular weight is 397 g/mol. The Morgan fingerprint density at radius 3 is 2.97 bits per heavy atom. The van der Waals surface area contributed by atoms with Crippen molar-refractivity contribution in [1.82, 2.24) is 25.2 Å². The number of nitrogens with one attached hydrogen (secondary N) is 2. The molecule has 154 valence electrons. The van der Waals surface area contributed by atoms with Gasteiger partial charge in [-0.25, -0.2) is 9.97 Å². The van der Waals surface area contributed by atoms with Gasteiger partial charge < -0.3 is 19.9 Å². The van der Waals surface area contributed by atoms with Crippen LogP contribution in [0.15, 0.2) is 25.0 Å². The standard InChI is InChI=1S/C21H27N5O3/c1-4-18(27)26-6-5-13(17(11-26)29-3)8-14-9-22-20-19(24-14)15(10-23-20)21(28)25-16-7-12(16)2/h4,9-10,12-13,16-17H,1,5-8,11H2,2-3H3,(H,22,23)(H,25,28)/t12-,13-,16-,17-/m1/s1. The summed E-state index contributed by atoms with van der Waals surface area (Å²) in [5.41, 5.74) is 2.56. The number of amides is 2. The molecule has 0 bridgehead atoms. The molecule has 3 heterocycles. The van der Waals surface area contributed by atoms with Crippen molar-refractivity contribution in [3.8, 4) is 0 Å². The quantitative estimate of drug-likeness (QED) is 0.723. The number of aromatic amines is 1. The number of hydrogen-bond donors (Lipinski definition) is 2. The Morgan fingerprint density at radius 1 is 1.48 bits per heavy atom. The van der Waals surface area contributed by atoms with Gasteiger partial charge in [-0.15, -0.1) is 0 Å². The minimum atomic E-state index is -0.108. The summed E-state index contributed by atoms with van der Waals surface area (Å²) in [5, 5.41) is 3.04. The molecule has 1 aliphatic carbocycles. The summed E-state index contributed by atoms with van der Waals surface area (Å²) in [6.07, 6.45) is 7.21.